The Morgan fingerprint density at radius 3 is 2.79 bits per heavy atom. The van der Waals surface area contributed by atoms with Crippen LogP contribution in [-0.4, -0.2) is 36.4 Å². The number of furan rings is 1. The lowest BCUT2D eigenvalue weighted by atomic mass is 10.1. The Balaban J connectivity index is 0.00000280. The third kappa shape index (κ3) is 6.85. The zero-order chi connectivity index (χ0) is 18.9. The van der Waals surface area contributed by atoms with E-state index >= 15 is 0 Å². The van der Waals surface area contributed by atoms with Gasteiger partial charge < -0.3 is 20.0 Å². The van der Waals surface area contributed by atoms with Gasteiger partial charge in [-0.05, 0) is 36.6 Å². The lowest BCUT2D eigenvalue weighted by Crippen LogP contribution is -2.38. The number of aliphatic imine (C=N–C) groups is 1. The summed E-state index contributed by atoms with van der Waals surface area (Å²) >= 11 is 0. The van der Waals surface area contributed by atoms with Crippen molar-refractivity contribution in [1.82, 2.24) is 15.5 Å². The lowest BCUT2D eigenvalue weighted by Gasteiger charge is -2.16. The normalized spacial score (nSPS) is 14.1. The molecule has 1 aliphatic heterocycles. The minimum atomic E-state index is 0. The molecule has 0 radical (unpaired) electrons. The molecule has 0 atom stereocenters. The highest BCUT2D eigenvalue weighted by molar-refractivity contribution is 14.0. The Morgan fingerprint density at radius 1 is 1.21 bits per heavy atom. The third-order valence-electron chi connectivity index (χ3n) is 4.54. The second-order valence-electron chi connectivity index (χ2n) is 6.69. The van der Waals surface area contributed by atoms with E-state index in [1.807, 2.05) is 23.1 Å². The summed E-state index contributed by atoms with van der Waals surface area (Å²) < 4.78 is 5.35. The Labute approximate surface area is 183 Å². The van der Waals surface area contributed by atoms with Gasteiger partial charge in [0.1, 0.15) is 5.76 Å². The number of halogens is 1. The first-order chi connectivity index (χ1) is 13.2. The molecule has 6 nitrogen and oxygen atoms in total. The van der Waals surface area contributed by atoms with Gasteiger partial charge in [-0.15, -0.1) is 24.0 Å². The molecule has 0 saturated carbocycles. The maximum atomic E-state index is 11.8. The molecule has 1 fully saturated rings. The zero-order valence-electron chi connectivity index (χ0n) is 16.3. The number of likely N-dealkylation sites (tertiary alicyclic amines) is 1. The van der Waals surface area contributed by atoms with Gasteiger partial charge in [0.2, 0.25) is 5.91 Å². The maximum Gasteiger partial charge on any atom is 0.222 e. The molecule has 2 heterocycles. The molecule has 2 aromatic rings. The molecule has 1 saturated heterocycles. The smallest absolute Gasteiger partial charge is 0.222 e. The number of hydrogen-bond donors (Lipinski definition) is 2. The van der Waals surface area contributed by atoms with Crippen molar-refractivity contribution in [3.05, 3.63) is 59.5 Å². The first-order valence-corrected chi connectivity index (χ1v) is 9.64. The van der Waals surface area contributed by atoms with Crippen LogP contribution in [0, 0.1) is 0 Å². The molecule has 0 spiro atoms. The minimum absolute atomic E-state index is 0. The first kappa shape index (κ1) is 22.3. The second-order valence-corrected chi connectivity index (χ2v) is 6.69. The van der Waals surface area contributed by atoms with E-state index in [0.717, 1.165) is 55.3 Å². The molecule has 7 heteroatoms. The maximum absolute atomic E-state index is 11.8. The number of nitrogens with zero attached hydrogens (tertiary/aromatic N) is 2. The van der Waals surface area contributed by atoms with Crippen molar-refractivity contribution in [1.29, 1.82) is 0 Å². The molecular formula is C21H29IN4O2. The summed E-state index contributed by atoms with van der Waals surface area (Å²) in [6.07, 6.45) is 4.16. The van der Waals surface area contributed by atoms with Gasteiger partial charge in [0.25, 0.3) is 0 Å². The first-order valence-electron chi connectivity index (χ1n) is 9.64. The van der Waals surface area contributed by atoms with Crippen molar-refractivity contribution in [2.75, 3.05) is 19.6 Å². The summed E-state index contributed by atoms with van der Waals surface area (Å²) in [6, 6.07) is 12.2. The van der Waals surface area contributed by atoms with Crippen LogP contribution in [0.5, 0.6) is 0 Å². The minimum Gasteiger partial charge on any atom is -0.469 e. The number of amides is 1. The molecule has 1 aromatic heterocycles. The van der Waals surface area contributed by atoms with Crippen LogP contribution in [0.1, 0.15) is 36.7 Å². The number of hydrogen-bond acceptors (Lipinski definition) is 3. The average molecular weight is 496 g/mol. The summed E-state index contributed by atoms with van der Waals surface area (Å²) in [5, 5.41) is 6.60. The van der Waals surface area contributed by atoms with Crippen LogP contribution in [0.4, 0.5) is 0 Å². The fraction of sp³-hybridized carbons (Fsp3) is 0.429. The molecule has 152 valence electrons. The lowest BCUT2D eigenvalue weighted by molar-refractivity contribution is -0.128. The van der Waals surface area contributed by atoms with E-state index in [0.29, 0.717) is 19.5 Å². The van der Waals surface area contributed by atoms with Crippen LogP contribution < -0.4 is 10.6 Å². The molecule has 0 bridgehead atoms. The van der Waals surface area contributed by atoms with Crippen LogP contribution in [0.2, 0.25) is 0 Å². The summed E-state index contributed by atoms with van der Waals surface area (Å²) in [5.41, 5.74) is 2.30. The van der Waals surface area contributed by atoms with Crippen LogP contribution in [-0.2, 0) is 24.3 Å². The van der Waals surface area contributed by atoms with Gasteiger partial charge in [0, 0.05) is 39.0 Å². The largest absolute Gasteiger partial charge is 0.469 e. The highest BCUT2D eigenvalue weighted by atomic mass is 127. The molecule has 3 rings (SSSR count). The molecule has 2 N–H and O–H groups in total. The molecule has 1 aromatic carbocycles. The Bertz CT molecular complexity index is 762. The van der Waals surface area contributed by atoms with Crippen LogP contribution in [0.15, 0.2) is 52.1 Å². The van der Waals surface area contributed by atoms with E-state index in [4.69, 9.17) is 4.42 Å². The molecular weight excluding hydrogens is 467 g/mol. The quantitative estimate of drug-likeness (QED) is 0.334. The standard InChI is InChI=1S/C21H28N4O2.HI/c1-2-22-21(23-11-10-19-8-5-13-27-19)24-15-17-6-3-7-18(14-17)16-25-12-4-9-20(25)26;/h3,5-8,13-14H,2,4,9-12,15-16H2,1H3,(H2,22,23,24);1H. The van der Waals surface area contributed by atoms with Crippen molar-refractivity contribution in [3.63, 3.8) is 0 Å². The second kappa shape index (κ2) is 11.7. The topological polar surface area (TPSA) is 69.9 Å². The van der Waals surface area contributed by atoms with Gasteiger partial charge >= 0.3 is 0 Å². The van der Waals surface area contributed by atoms with E-state index in [9.17, 15) is 4.79 Å². The van der Waals surface area contributed by atoms with Crippen LogP contribution in [0.3, 0.4) is 0 Å². The van der Waals surface area contributed by atoms with E-state index < -0.39 is 0 Å². The molecule has 1 amide bonds. The number of guanidine groups is 1. The third-order valence-corrected chi connectivity index (χ3v) is 4.54. The summed E-state index contributed by atoms with van der Waals surface area (Å²) in [7, 11) is 0. The monoisotopic (exact) mass is 496 g/mol. The van der Waals surface area contributed by atoms with Crippen molar-refractivity contribution in [3.8, 4) is 0 Å². The summed E-state index contributed by atoms with van der Waals surface area (Å²) in [6.45, 7) is 5.78. The van der Waals surface area contributed by atoms with Crippen LogP contribution >= 0.6 is 24.0 Å². The van der Waals surface area contributed by atoms with Gasteiger partial charge in [-0.3, -0.25) is 4.79 Å². The van der Waals surface area contributed by atoms with E-state index in [1.54, 1.807) is 6.26 Å². The molecule has 0 aliphatic carbocycles. The van der Waals surface area contributed by atoms with Gasteiger partial charge in [-0.1, -0.05) is 24.3 Å². The Kier molecular flexibility index (Phi) is 9.33. The van der Waals surface area contributed by atoms with Gasteiger partial charge in [-0.25, -0.2) is 4.99 Å². The van der Waals surface area contributed by atoms with Gasteiger partial charge in [-0.2, -0.15) is 0 Å². The van der Waals surface area contributed by atoms with Crippen molar-refractivity contribution in [2.24, 2.45) is 4.99 Å². The van der Waals surface area contributed by atoms with E-state index in [-0.39, 0.29) is 29.9 Å². The highest BCUT2D eigenvalue weighted by Crippen LogP contribution is 2.15. The number of rotatable bonds is 8. The van der Waals surface area contributed by atoms with Gasteiger partial charge in [0.15, 0.2) is 5.96 Å². The zero-order valence-corrected chi connectivity index (χ0v) is 18.6. The SMILES string of the molecule is CCNC(=NCc1cccc(CN2CCCC2=O)c1)NCCc1ccco1.I. The van der Waals surface area contributed by atoms with E-state index in [1.165, 1.54) is 0 Å². The Hall–Kier alpha value is -2.03. The van der Waals surface area contributed by atoms with Crippen molar-refractivity contribution >= 4 is 35.8 Å². The number of nitrogens with one attached hydrogen (secondary N) is 2. The Morgan fingerprint density at radius 2 is 2.07 bits per heavy atom. The fourth-order valence-corrected chi connectivity index (χ4v) is 3.19. The predicted molar refractivity (Wildman–Crippen MR) is 122 cm³/mol. The highest BCUT2D eigenvalue weighted by Gasteiger charge is 2.19. The van der Waals surface area contributed by atoms with Crippen LogP contribution in [0.25, 0.3) is 0 Å². The van der Waals surface area contributed by atoms with E-state index in [2.05, 4.69) is 40.7 Å². The molecule has 28 heavy (non-hydrogen) atoms. The number of carbonyl (C=O) groups is 1. The summed E-state index contributed by atoms with van der Waals surface area (Å²) in [4.78, 5) is 18.4. The molecule has 1 aliphatic rings. The molecule has 0 unspecified atom stereocenters. The van der Waals surface area contributed by atoms with Crippen molar-refractivity contribution < 1.29 is 9.21 Å². The number of carbonyl (C=O) groups excluding carboxylic acids is 1. The van der Waals surface area contributed by atoms with Gasteiger partial charge in [0.05, 0.1) is 12.8 Å². The summed E-state index contributed by atoms with van der Waals surface area (Å²) in [5.74, 6) is 2.01. The number of benzene rings is 1. The fourth-order valence-electron chi connectivity index (χ4n) is 3.19. The predicted octanol–water partition coefficient (Wildman–Crippen LogP) is 3.32. The van der Waals surface area contributed by atoms with Crippen molar-refractivity contribution in [2.45, 2.75) is 39.3 Å². The average Bonchev–Trinajstić information content (AvgIpc) is 3.32.